The number of Topliss-reactive ketones (excluding diaryl/α,β-unsaturated/α-hetero) is 1. The monoisotopic (exact) mass is 274 g/mol. The van der Waals surface area contributed by atoms with Gasteiger partial charge in [-0.25, -0.2) is 8.78 Å². The molecule has 0 saturated carbocycles. The van der Waals surface area contributed by atoms with Crippen molar-refractivity contribution in [3.8, 4) is 5.75 Å². The van der Waals surface area contributed by atoms with Crippen LogP contribution in [0, 0.1) is 0 Å². The predicted octanol–water partition coefficient (Wildman–Crippen LogP) is 3.69. The zero-order chi connectivity index (χ0) is 13.2. The molecule has 0 unspecified atom stereocenters. The molecular weight excluding hydrogens is 271 g/mol. The van der Waals surface area contributed by atoms with E-state index in [2.05, 4.69) is 4.74 Å². The molecule has 1 aromatic carbocycles. The Morgan fingerprint density at radius 2 is 1.88 bits per heavy atom. The highest BCUT2D eigenvalue weighted by Gasteiger charge is 2.32. The van der Waals surface area contributed by atoms with Gasteiger partial charge in [-0.05, 0) is 18.2 Å². The molecule has 0 heterocycles. The highest BCUT2D eigenvalue weighted by atomic mass is 35.5. The highest BCUT2D eigenvalue weighted by molar-refractivity contribution is 6.34. The molecule has 0 atom stereocenters. The smallest absolute Gasteiger partial charge is 0.406 e. The van der Waals surface area contributed by atoms with Crippen molar-refractivity contribution in [1.82, 2.24) is 0 Å². The lowest BCUT2D eigenvalue weighted by Crippen LogP contribution is -2.18. The second-order valence-electron chi connectivity index (χ2n) is 2.85. The molecule has 0 radical (unpaired) electrons. The van der Waals surface area contributed by atoms with E-state index in [1.807, 2.05) is 0 Å². The van der Waals surface area contributed by atoms with E-state index < -0.39 is 29.9 Å². The molecule has 8 heteroatoms. The standard InChI is InChI=1S/C9H4ClF5O2/c10-6-2-1-4(17-9(13,14)15)3-5(6)7(16)8(11)12/h1-3,8H. The topological polar surface area (TPSA) is 26.3 Å². The second-order valence-corrected chi connectivity index (χ2v) is 3.26. The van der Waals surface area contributed by atoms with Gasteiger partial charge in [-0.2, -0.15) is 0 Å². The number of carbonyl (C=O) groups excluding carboxylic acids is 1. The summed E-state index contributed by atoms with van der Waals surface area (Å²) >= 11 is 5.42. The fourth-order valence-corrected chi connectivity index (χ4v) is 1.22. The molecule has 0 fully saturated rings. The number of ether oxygens (including phenoxy) is 1. The number of ketones is 1. The van der Waals surface area contributed by atoms with Crippen molar-refractivity contribution >= 4 is 17.4 Å². The van der Waals surface area contributed by atoms with Gasteiger partial charge in [0.25, 0.3) is 0 Å². The van der Waals surface area contributed by atoms with Gasteiger partial charge in [-0.1, -0.05) is 11.6 Å². The van der Waals surface area contributed by atoms with Gasteiger partial charge >= 0.3 is 12.8 Å². The van der Waals surface area contributed by atoms with E-state index in [0.29, 0.717) is 6.07 Å². The molecule has 17 heavy (non-hydrogen) atoms. The molecule has 1 aromatic rings. The number of alkyl halides is 5. The summed E-state index contributed by atoms with van der Waals surface area (Å²) < 4.78 is 63.2. The van der Waals surface area contributed by atoms with Gasteiger partial charge in [0.1, 0.15) is 5.75 Å². The molecule has 0 saturated heterocycles. The lowest BCUT2D eigenvalue weighted by atomic mass is 10.1. The largest absolute Gasteiger partial charge is 0.573 e. The third-order valence-electron chi connectivity index (χ3n) is 1.64. The fourth-order valence-electron chi connectivity index (χ4n) is 1.01. The Kier molecular flexibility index (Phi) is 3.92. The number of benzene rings is 1. The summed E-state index contributed by atoms with van der Waals surface area (Å²) in [5, 5.41) is -0.371. The van der Waals surface area contributed by atoms with E-state index in [4.69, 9.17) is 11.6 Å². The van der Waals surface area contributed by atoms with Crippen LogP contribution in [-0.4, -0.2) is 18.6 Å². The van der Waals surface area contributed by atoms with Crippen LogP contribution in [0.1, 0.15) is 10.4 Å². The molecule has 0 amide bonds. The van der Waals surface area contributed by atoms with Crippen molar-refractivity contribution in [2.24, 2.45) is 0 Å². The van der Waals surface area contributed by atoms with Crippen LogP contribution < -0.4 is 4.74 Å². The van der Waals surface area contributed by atoms with Crippen molar-refractivity contribution in [3.05, 3.63) is 28.8 Å². The SMILES string of the molecule is O=C(c1cc(OC(F)(F)F)ccc1Cl)C(F)F. The van der Waals surface area contributed by atoms with Crippen molar-refractivity contribution < 1.29 is 31.5 Å². The van der Waals surface area contributed by atoms with Gasteiger partial charge in [0, 0.05) is 5.56 Å². The van der Waals surface area contributed by atoms with Gasteiger partial charge in [-0.15, -0.1) is 13.2 Å². The summed E-state index contributed by atoms with van der Waals surface area (Å²) in [7, 11) is 0. The van der Waals surface area contributed by atoms with Crippen molar-refractivity contribution in [2.45, 2.75) is 12.8 Å². The van der Waals surface area contributed by atoms with Crippen LogP contribution in [0.15, 0.2) is 18.2 Å². The van der Waals surface area contributed by atoms with Crippen LogP contribution in [0.25, 0.3) is 0 Å². The van der Waals surface area contributed by atoms with Crippen LogP contribution in [0.4, 0.5) is 22.0 Å². The van der Waals surface area contributed by atoms with E-state index in [1.165, 1.54) is 0 Å². The van der Waals surface area contributed by atoms with Crippen molar-refractivity contribution in [2.75, 3.05) is 0 Å². The Labute approximate surface area is 96.9 Å². The van der Waals surface area contributed by atoms with E-state index in [0.717, 1.165) is 12.1 Å². The Bertz CT molecular complexity index is 430. The number of hydrogen-bond donors (Lipinski definition) is 0. The quantitative estimate of drug-likeness (QED) is 0.621. The minimum Gasteiger partial charge on any atom is -0.406 e. The molecule has 1 rings (SSSR count). The first-order valence-corrected chi connectivity index (χ1v) is 4.46. The van der Waals surface area contributed by atoms with Crippen LogP contribution in [-0.2, 0) is 0 Å². The number of carbonyl (C=O) groups is 1. The van der Waals surface area contributed by atoms with Gasteiger partial charge in [0.05, 0.1) is 5.02 Å². The average Bonchev–Trinajstić information content (AvgIpc) is 2.17. The number of rotatable bonds is 3. The van der Waals surface area contributed by atoms with E-state index >= 15 is 0 Å². The van der Waals surface area contributed by atoms with Gasteiger partial charge in [-0.3, -0.25) is 4.79 Å². The predicted molar refractivity (Wildman–Crippen MR) is 48.5 cm³/mol. The first kappa shape index (κ1) is 13.7. The van der Waals surface area contributed by atoms with Crippen LogP contribution >= 0.6 is 11.6 Å². The van der Waals surface area contributed by atoms with Gasteiger partial charge < -0.3 is 4.74 Å². The summed E-state index contributed by atoms with van der Waals surface area (Å²) in [6, 6.07) is 2.21. The summed E-state index contributed by atoms with van der Waals surface area (Å²) in [5.41, 5.74) is -0.719. The summed E-state index contributed by atoms with van der Waals surface area (Å²) in [5.74, 6) is -2.45. The lowest BCUT2D eigenvalue weighted by Gasteiger charge is -2.10. The molecule has 0 aliphatic rings. The van der Waals surface area contributed by atoms with Crippen LogP contribution in [0.5, 0.6) is 5.75 Å². The third kappa shape index (κ3) is 3.85. The Hall–Kier alpha value is -1.37. The molecule has 2 nitrogen and oxygen atoms in total. The van der Waals surface area contributed by atoms with E-state index in [9.17, 15) is 26.7 Å². The number of halogens is 6. The normalized spacial score (nSPS) is 11.7. The first-order chi connectivity index (χ1) is 7.70. The zero-order valence-corrected chi connectivity index (χ0v) is 8.65. The molecular formula is C9H4ClF5O2. The van der Waals surface area contributed by atoms with Crippen LogP contribution in [0.3, 0.4) is 0 Å². The Morgan fingerprint density at radius 1 is 1.29 bits per heavy atom. The minimum absolute atomic E-state index is 0.371. The highest BCUT2D eigenvalue weighted by Crippen LogP contribution is 2.28. The summed E-state index contributed by atoms with van der Waals surface area (Å²) in [6.45, 7) is 0. The Morgan fingerprint density at radius 3 is 2.35 bits per heavy atom. The summed E-state index contributed by atoms with van der Waals surface area (Å²) in [4.78, 5) is 10.9. The first-order valence-electron chi connectivity index (χ1n) is 4.08. The Balaban J connectivity index is 3.07. The fraction of sp³-hybridized carbons (Fsp3) is 0.222. The van der Waals surface area contributed by atoms with E-state index in [1.54, 1.807) is 0 Å². The maximum atomic E-state index is 12.1. The molecule has 0 aromatic heterocycles. The average molecular weight is 275 g/mol. The van der Waals surface area contributed by atoms with Gasteiger partial charge in [0.2, 0.25) is 5.78 Å². The maximum Gasteiger partial charge on any atom is 0.573 e. The maximum absolute atomic E-state index is 12.1. The molecule has 94 valence electrons. The van der Waals surface area contributed by atoms with Crippen molar-refractivity contribution in [1.29, 1.82) is 0 Å². The second kappa shape index (κ2) is 4.87. The van der Waals surface area contributed by atoms with E-state index in [-0.39, 0.29) is 5.02 Å². The minimum atomic E-state index is -4.97. The molecule has 0 bridgehead atoms. The molecule has 0 N–H and O–H groups in total. The molecule has 0 spiro atoms. The summed E-state index contributed by atoms with van der Waals surface area (Å²) in [6.07, 6.45) is -8.33. The number of hydrogen-bond acceptors (Lipinski definition) is 2. The molecule has 0 aliphatic heterocycles. The lowest BCUT2D eigenvalue weighted by molar-refractivity contribution is -0.274. The van der Waals surface area contributed by atoms with Crippen LogP contribution in [0.2, 0.25) is 5.02 Å². The van der Waals surface area contributed by atoms with Gasteiger partial charge in [0.15, 0.2) is 0 Å². The third-order valence-corrected chi connectivity index (χ3v) is 1.96. The zero-order valence-electron chi connectivity index (χ0n) is 7.89. The van der Waals surface area contributed by atoms with Crippen molar-refractivity contribution in [3.63, 3.8) is 0 Å². The molecule has 0 aliphatic carbocycles.